The van der Waals surface area contributed by atoms with E-state index in [-0.39, 0.29) is 16.7 Å². The van der Waals surface area contributed by atoms with E-state index in [9.17, 15) is 10.1 Å². The Hall–Kier alpha value is -2.20. The number of nitro benzene ring substituents is 1. The summed E-state index contributed by atoms with van der Waals surface area (Å²) in [6.45, 7) is 1.94. The molecule has 4 heteroatoms. The summed E-state index contributed by atoms with van der Waals surface area (Å²) in [5.74, 6) is 0. The van der Waals surface area contributed by atoms with Gasteiger partial charge in [0, 0.05) is 12.1 Å². The molecule has 0 heterocycles. The van der Waals surface area contributed by atoms with Gasteiger partial charge in [-0.1, -0.05) is 24.3 Å². The van der Waals surface area contributed by atoms with E-state index >= 15 is 0 Å². The first-order valence-electron chi connectivity index (χ1n) is 7.18. The maximum atomic E-state index is 10.9. The lowest BCUT2D eigenvalue weighted by Gasteiger charge is -2.16. The molecule has 3 rings (SSSR count). The second-order valence-corrected chi connectivity index (χ2v) is 5.66. The Morgan fingerprint density at radius 2 is 1.90 bits per heavy atom. The summed E-state index contributed by atoms with van der Waals surface area (Å²) in [5.41, 5.74) is 12.0. The molecule has 0 amide bonds. The summed E-state index contributed by atoms with van der Waals surface area (Å²) < 4.78 is 0. The van der Waals surface area contributed by atoms with Crippen molar-refractivity contribution in [1.82, 2.24) is 0 Å². The van der Waals surface area contributed by atoms with E-state index in [1.165, 1.54) is 23.6 Å². The second kappa shape index (κ2) is 5.30. The zero-order valence-corrected chi connectivity index (χ0v) is 12.0. The molecule has 0 saturated carbocycles. The molecule has 0 fully saturated rings. The summed E-state index contributed by atoms with van der Waals surface area (Å²) in [6.07, 6.45) is 3.44. The van der Waals surface area contributed by atoms with Gasteiger partial charge in [-0.15, -0.1) is 0 Å². The normalized spacial score (nSPS) is 14.8. The van der Waals surface area contributed by atoms with Gasteiger partial charge in [0.15, 0.2) is 0 Å². The van der Waals surface area contributed by atoms with E-state index in [0.29, 0.717) is 0 Å². The molecule has 0 aromatic heterocycles. The highest BCUT2D eigenvalue weighted by atomic mass is 16.6. The lowest BCUT2D eigenvalue weighted by Crippen LogP contribution is -2.14. The number of hydrogen-bond acceptors (Lipinski definition) is 3. The van der Waals surface area contributed by atoms with E-state index in [4.69, 9.17) is 5.73 Å². The van der Waals surface area contributed by atoms with Crippen LogP contribution < -0.4 is 5.73 Å². The van der Waals surface area contributed by atoms with E-state index in [0.717, 1.165) is 29.5 Å². The quantitative estimate of drug-likeness (QED) is 0.692. The number of rotatable bonds is 3. The molecule has 1 aliphatic rings. The van der Waals surface area contributed by atoms with Gasteiger partial charge in [-0.05, 0) is 54.0 Å². The Labute approximate surface area is 123 Å². The van der Waals surface area contributed by atoms with Crippen LogP contribution in [-0.2, 0) is 12.8 Å². The first kappa shape index (κ1) is 13.8. The van der Waals surface area contributed by atoms with Crippen LogP contribution in [0.25, 0.3) is 0 Å². The summed E-state index contributed by atoms with van der Waals surface area (Å²) in [6, 6.07) is 10.9. The van der Waals surface area contributed by atoms with E-state index in [1.54, 1.807) is 12.1 Å². The van der Waals surface area contributed by atoms with E-state index < -0.39 is 0 Å². The molecule has 21 heavy (non-hydrogen) atoms. The minimum absolute atomic E-state index is 0.0900. The van der Waals surface area contributed by atoms with Crippen LogP contribution in [0.5, 0.6) is 0 Å². The molecule has 2 N–H and O–H groups in total. The maximum Gasteiger partial charge on any atom is 0.269 e. The molecule has 0 radical (unpaired) electrons. The fourth-order valence-electron chi connectivity index (χ4n) is 3.04. The molecule has 1 aliphatic carbocycles. The average molecular weight is 282 g/mol. The average Bonchev–Trinajstić information content (AvgIpc) is 2.94. The number of nitrogens with two attached hydrogens (primary N) is 1. The molecule has 0 aliphatic heterocycles. The van der Waals surface area contributed by atoms with Crippen LogP contribution in [0.1, 0.15) is 40.3 Å². The van der Waals surface area contributed by atoms with Gasteiger partial charge in [0.1, 0.15) is 0 Å². The zero-order chi connectivity index (χ0) is 15.0. The molecule has 108 valence electrons. The largest absolute Gasteiger partial charge is 0.320 e. The fourth-order valence-corrected chi connectivity index (χ4v) is 3.04. The van der Waals surface area contributed by atoms with Crippen molar-refractivity contribution >= 4 is 5.69 Å². The highest BCUT2D eigenvalue weighted by Crippen LogP contribution is 2.30. The van der Waals surface area contributed by atoms with Crippen molar-refractivity contribution < 1.29 is 4.92 Å². The molecular formula is C17H18N2O2. The molecule has 1 atom stereocenters. The molecule has 4 nitrogen and oxygen atoms in total. The number of benzene rings is 2. The van der Waals surface area contributed by atoms with Gasteiger partial charge in [0.05, 0.1) is 11.0 Å². The standard InChI is InChI=1S/C17H18N2O2/c1-11-5-8-15(19(20)21)10-16(11)17(18)14-7-6-12-3-2-4-13(12)9-14/h5-10,17H,2-4,18H2,1H3. The van der Waals surface area contributed by atoms with Crippen molar-refractivity contribution in [2.45, 2.75) is 32.2 Å². The number of aryl methyl sites for hydroxylation is 3. The zero-order valence-electron chi connectivity index (χ0n) is 12.0. The number of non-ortho nitro benzene ring substituents is 1. The van der Waals surface area contributed by atoms with Gasteiger partial charge in [0.2, 0.25) is 0 Å². The molecule has 0 bridgehead atoms. The first-order valence-corrected chi connectivity index (χ1v) is 7.18. The smallest absolute Gasteiger partial charge is 0.269 e. The molecule has 2 aromatic rings. The molecular weight excluding hydrogens is 264 g/mol. The summed E-state index contributed by atoms with van der Waals surface area (Å²) in [4.78, 5) is 10.6. The number of hydrogen-bond donors (Lipinski definition) is 1. The molecule has 0 spiro atoms. The van der Waals surface area contributed by atoms with Crippen LogP contribution in [0.3, 0.4) is 0 Å². The monoisotopic (exact) mass is 282 g/mol. The molecule has 2 aromatic carbocycles. The van der Waals surface area contributed by atoms with Gasteiger partial charge in [-0.25, -0.2) is 0 Å². The summed E-state index contributed by atoms with van der Waals surface area (Å²) in [7, 11) is 0. The van der Waals surface area contributed by atoms with Crippen LogP contribution >= 0.6 is 0 Å². The Morgan fingerprint density at radius 1 is 1.14 bits per heavy atom. The van der Waals surface area contributed by atoms with Crippen molar-refractivity contribution in [3.05, 3.63) is 74.3 Å². The lowest BCUT2D eigenvalue weighted by atomic mass is 9.93. The summed E-state index contributed by atoms with van der Waals surface area (Å²) >= 11 is 0. The van der Waals surface area contributed by atoms with Crippen molar-refractivity contribution in [3.63, 3.8) is 0 Å². The van der Waals surface area contributed by atoms with Crippen molar-refractivity contribution in [1.29, 1.82) is 0 Å². The minimum atomic E-state index is -0.377. The van der Waals surface area contributed by atoms with Crippen LogP contribution in [0, 0.1) is 17.0 Å². The van der Waals surface area contributed by atoms with E-state index in [2.05, 4.69) is 12.1 Å². The number of nitro groups is 1. The predicted molar refractivity (Wildman–Crippen MR) is 82.3 cm³/mol. The van der Waals surface area contributed by atoms with Crippen LogP contribution in [-0.4, -0.2) is 4.92 Å². The Bertz CT molecular complexity index is 710. The highest BCUT2D eigenvalue weighted by Gasteiger charge is 2.18. The predicted octanol–water partition coefficient (Wildman–Crippen LogP) is 3.44. The summed E-state index contributed by atoms with van der Waals surface area (Å²) in [5, 5.41) is 10.9. The molecule has 0 saturated heterocycles. The van der Waals surface area contributed by atoms with Crippen LogP contribution in [0.2, 0.25) is 0 Å². The first-order chi connectivity index (χ1) is 10.1. The third-order valence-corrected chi connectivity index (χ3v) is 4.29. The lowest BCUT2D eigenvalue weighted by molar-refractivity contribution is -0.384. The van der Waals surface area contributed by atoms with Crippen molar-refractivity contribution in [2.75, 3.05) is 0 Å². The van der Waals surface area contributed by atoms with Crippen LogP contribution in [0.15, 0.2) is 36.4 Å². The van der Waals surface area contributed by atoms with Crippen LogP contribution in [0.4, 0.5) is 5.69 Å². The topological polar surface area (TPSA) is 69.2 Å². The molecule has 1 unspecified atom stereocenters. The third kappa shape index (κ3) is 2.54. The van der Waals surface area contributed by atoms with Gasteiger partial charge in [0.25, 0.3) is 5.69 Å². The fraction of sp³-hybridized carbons (Fsp3) is 0.294. The Kier molecular flexibility index (Phi) is 3.47. The van der Waals surface area contributed by atoms with Gasteiger partial charge in [-0.2, -0.15) is 0 Å². The second-order valence-electron chi connectivity index (χ2n) is 5.66. The van der Waals surface area contributed by atoms with Crippen molar-refractivity contribution in [3.8, 4) is 0 Å². The van der Waals surface area contributed by atoms with Gasteiger partial charge >= 0.3 is 0 Å². The Balaban J connectivity index is 2.00. The van der Waals surface area contributed by atoms with Crippen molar-refractivity contribution in [2.24, 2.45) is 5.73 Å². The minimum Gasteiger partial charge on any atom is -0.320 e. The third-order valence-electron chi connectivity index (χ3n) is 4.29. The number of fused-ring (bicyclic) bond motifs is 1. The SMILES string of the molecule is Cc1ccc([N+](=O)[O-])cc1C(N)c1ccc2c(c1)CCC2. The van der Waals surface area contributed by atoms with Gasteiger partial charge < -0.3 is 5.73 Å². The van der Waals surface area contributed by atoms with E-state index in [1.807, 2.05) is 13.0 Å². The highest BCUT2D eigenvalue weighted by molar-refractivity contribution is 5.46. The van der Waals surface area contributed by atoms with Gasteiger partial charge in [-0.3, -0.25) is 10.1 Å². The number of nitrogens with zero attached hydrogens (tertiary/aromatic N) is 1. The maximum absolute atomic E-state index is 10.9. The Morgan fingerprint density at radius 3 is 2.67 bits per heavy atom.